The maximum absolute atomic E-state index is 11.4. The van der Waals surface area contributed by atoms with E-state index in [-0.39, 0.29) is 11.3 Å². The Balaban J connectivity index is 1.77. The van der Waals surface area contributed by atoms with Gasteiger partial charge in [0.1, 0.15) is 5.75 Å². The fourth-order valence-electron chi connectivity index (χ4n) is 2.92. The number of phenolic OH excluding ortho intramolecular Hbond substituents is 1. The van der Waals surface area contributed by atoms with Crippen molar-refractivity contribution in [3.63, 3.8) is 0 Å². The van der Waals surface area contributed by atoms with Gasteiger partial charge in [-0.05, 0) is 30.3 Å². The van der Waals surface area contributed by atoms with Crippen LogP contribution < -0.4 is 15.5 Å². The van der Waals surface area contributed by atoms with Gasteiger partial charge in [-0.15, -0.1) is 0 Å². The van der Waals surface area contributed by atoms with Crippen molar-refractivity contribution in [2.75, 3.05) is 41.7 Å². The van der Waals surface area contributed by atoms with Crippen LogP contribution in [0.4, 0.5) is 17.1 Å². The van der Waals surface area contributed by atoms with Gasteiger partial charge in [-0.3, -0.25) is 0 Å². The summed E-state index contributed by atoms with van der Waals surface area (Å²) in [5.74, 6) is -0.713. The van der Waals surface area contributed by atoms with Crippen LogP contribution in [0.1, 0.15) is 10.4 Å². The molecule has 1 heterocycles. The maximum Gasteiger partial charge on any atom is 0.337 e. The Morgan fingerprint density at radius 2 is 1.57 bits per heavy atom. The van der Waals surface area contributed by atoms with Crippen LogP contribution in [0, 0.1) is 0 Å². The number of carbonyl (C=O) groups is 1. The molecule has 1 aliphatic rings. The van der Waals surface area contributed by atoms with E-state index in [1.54, 1.807) is 24.3 Å². The van der Waals surface area contributed by atoms with Crippen molar-refractivity contribution in [1.82, 2.24) is 0 Å². The molecule has 2 aromatic rings. The van der Waals surface area contributed by atoms with Gasteiger partial charge >= 0.3 is 5.97 Å². The smallest absolute Gasteiger partial charge is 0.337 e. The highest BCUT2D eigenvalue weighted by Gasteiger charge is 2.22. The first-order valence-electron chi connectivity index (χ1n) is 7.47. The summed E-state index contributed by atoms with van der Waals surface area (Å²) < 4.78 is 0. The molecule has 0 radical (unpaired) electrons. The second-order valence-electron chi connectivity index (χ2n) is 5.54. The first-order valence-corrected chi connectivity index (χ1v) is 7.47. The second kappa shape index (κ2) is 6.08. The van der Waals surface area contributed by atoms with E-state index in [9.17, 15) is 15.0 Å². The van der Waals surface area contributed by atoms with Crippen LogP contribution in [0.3, 0.4) is 0 Å². The van der Waals surface area contributed by atoms with E-state index in [2.05, 4.69) is 4.90 Å². The molecule has 6 heteroatoms. The molecule has 0 aromatic heterocycles. The molecule has 0 bridgehead atoms. The molecule has 0 aliphatic carbocycles. The number of phenols is 1. The predicted molar refractivity (Wildman–Crippen MR) is 90.3 cm³/mol. The van der Waals surface area contributed by atoms with Crippen LogP contribution in [-0.4, -0.2) is 42.4 Å². The van der Waals surface area contributed by atoms with E-state index >= 15 is 0 Å². The lowest BCUT2D eigenvalue weighted by Crippen LogP contribution is -2.47. The van der Waals surface area contributed by atoms with Crippen molar-refractivity contribution < 1.29 is 15.0 Å². The number of nitrogen functional groups attached to an aromatic ring is 1. The molecule has 4 N–H and O–H groups in total. The lowest BCUT2D eigenvalue weighted by Gasteiger charge is -2.38. The number of aromatic hydroxyl groups is 1. The van der Waals surface area contributed by atoms with Crippen LogP contribution in [0.15, 0.2) is 42.5 Å². The number of benzene rings is 2. The number of nitrogens with two attached hydrogens (primary N) is 1. The second-order valence-corrected chi connectivity index (χ2v) is 5.54. The van der Waals surface area contributed by atoms with Crippen LogP contribution >= 0.6 is 0 Å². The molecule has 1 fully saturated rings. The number of para-hydroxylation sites is 2. The minimum atomic E-state index is -0.976. The van der Waals surface area contributed by atoms with Crippen LogP contribution in [0.5, 0.6) is 5.75 Å². The van der Waals surface area contributed by atoms with Crippen LogP contribution in [-0.2, 0) is 0 Å². The Morgan fingerprint density at radius 3 is 2.17 bits per heavy atom. The maximum atomic E-state index is 11.4. The summed E-state index contributed by atoms with van der Waals surface area (Å²) in [5, 5.41) is 19.3. The molecule has 1 aliphatic heterocycles. The average molecular weight is 313 g/mol. The molecule has 2 aromatic carbocycles. The summed E-state index contributed by atoms with van der Waals surface area (Å²) in [7, 11) is 0. The summed E-state index contributed by atoms with van der Waals surface area (Å²) in [4.78, 5) is 15.6. The lowest BCUT2D eigenvalue weighted by atomic mass is 10.1. The van der Waals surface area contributed by atoms with Gasteiger partial charge in [0.2, 0.25) is 0 Å². The quantitative estimate of drug-likeness (QED) is 0.751. The number of anilines is 3. The van der Waals surface area contributed by atoms with E-state index < -0.39 is 5.97 Å². The van der Waals surface area contributed by atoms with E-state index in [4.69, 9.17) is 5.73 Å². The highest BCUT2D eigenvalue weighted by molar-refractivity contribution is 5.95. The molecule has 0 spiro atoms. The molecule has 0 atom stereocenters. The van der Waals surface area contributed by atoms with Crippen molar-refractivity contribution in [1.29, 1.82) is 0 Å². The van der Waals surface area contributed by atoms with Gasteiger partial charge in [0.25, 0.3) is 0 Å². The standard InChI is InChI=1S/C17H19N3O3/c18-12-5-6-14(13(11-12)17(22)23)19-7-9-20(10-8-19)15-3-1-2-4-16(15)21/h1-6,11,21H,7-10,18H2,(H,22,23). The van der Waals surface area contributed by atoms with Crippen molar-refractivity contribution in [3.05, 3.63) is 48.0 Å². The summed E-state index contributed by atoms with van der Waals surface area (Å²) in [5.41, 5.74) is 7.85. The largest absolute Gasteiger partial charge is 0.506 e. The van der Waals surface area contributed by atoms with E-state index in [0.717, 1.165) is 5.69 Å². The molecular formula is C17H19N3O3. The Labute approximate surface area is 134 Å². The Hall–Kier alpha value is -2.89. The lowest BCUT2D eigenvalue weighted by molar-refractivity contribution is 0.0697. The Morgan fingerprint density at radius 1 is 0.957 bits per heavy atom. The third-order valence-electron chi connectivity index (χ3n) is 4.09. The number of hydrogen-bond donors (Lipinski definition) is 3. The molecule has 3 rings (SSSR count). The first kappa shape index (κ1) is 15.0. The fraction of sp³-hybridized carbons (Fsp3) is 0.235. The number of nitrogens with zero attached hydrogens (tertiary/aromatic N) is 2. The zero-order chi connectivity index (χ0) is 16.4. The zero-order valence-electron chi connectivity index (χ0n) is 12.6. The number of carboxylic acids is 1. The van der Waals surface area contributed by atoms with Gasteiger partial charge in [-0.1, -0.05) is 12.1 Å². The molecule has 120 valence electrons. The molecule has 0 saturated carbocycles. The number of piperazine rings is 1. The van der Waals surface area contributed by atoms with E-state index in [1.165, 1.54) is 6.07 Å². The molecule has 1 saturated heterocycles. The van der Waals surface area contributed by atoms with Crippen molar-refractivity contribution in [2.24, 2.45) is 0 Å². The number of rotatable bonds is 3. The monoisotopic (exact) mass is 313 g/mol. The molecule has 0 amide bonds. The van der Waals surface area contributed by atoms with E-state index in [0.29, 0.717) is 37.6 Å². The highest BCUT2D eigenvalue weighted by Crippen LogP contribution is 2.29. The molecular weight excluding hydrogens is 294 g/mol. The van der Waals surface area contributed by atoms with Gasteiger partial charge in [0.05, 0.1) is 16.9 Å². The normalized spacial score (nSPS) is 14.8. The topological polar surface area (TPSA) is 90.0 Å². The summed E-state index contributed by atoms with van der Waals surface area (Å²) in [6, 6.07) is 12.2. The van der Waals surface area contributed by atoms with Gasteiger partial charge in [0, 0.05) is 31.9 Å². The third kappa shape index (κ3) is 3.01. The zero-order valence-corrected chi connectivity index (χ0v) is 12.6. The fourth-order valence-corrected chi connectivity index (χ4v) is 2.92. The van der Waals surface area contributed by atoms with Gasteiger partial charge in [0.15, 0.2) is 0 Å². The average Bonchev–Trinajstić information content (AvgIpc) is 2.55. The number of aromatic carboxylic acids is 1. The van der Waals surface area contributed by atoms with Crippen molar-refractivity contribution >= 4 is 23.0 Å². The van der Waals surface area contributed by atoms with E-state index in [1.807, 2.05) is 17.0 Å². The van der Waals surface area contributed by atoms with Gasteiger partial charge in [-0.25, -0.2) is 4.79 Å². The third-order valence-corrected chi connectivity index (χ3v) is 4.09. The summed E-state index contributed by atoms with van der Waals surface area (Å²) >= 11 is 0. The minimum absolute atomic E-state index is 0.223. The Bertz CT molecular complexity index is 725. The molecule has 6 nitrogen and oxygen atoms in total. The Kier molecular flexibility index (Phi) is 3.97. The molecule has 0 unspecified atom stereocenters. The van der Waals surface area contributed by atoms with Crippen molar-refractivity contribution in [2.45, 2.75) is 0 Å². The summed E-state index contributed by atoms with van der Waals surface area (Å²) in [6.07, 6.45) is 0. The van der Waals surface area contributed by atoms with Crippen molar-refractivity contribution in [3.8, 4) is 5.75 Å². The van der Waals surface area contributed by atoms with Gasteiger partial charge in [-0.2, -0.15) is 0 Å². The first-order chi connectivity index (χ1) is 11.1. The van der Waals surface area contributed by atoms with Crippen LogP contribution in [0.25, 0.3) is 0 Å². The SMILES string of the molecule is Nc1ccc(N2CCN(c3ccccc3O)CC2)c(C(=O)O)c1. The van der Waals surface area contributed by atoms with Crippen LogP contribution in [0.2, 0.25) is 0 Å². The minimum Gasteiger partial charge on any atom is -0.506 e. The molecule has 23 heavy (non-hydrogen) atoms. The number of hydrogen-bond acceptors (Lipinski definition) is 5. The highest BCUT2D eigenvalue weighted by atomic mass is 16.4. The van der Waals surface area contributed by atoms with Gasteiger partial charge < -0.3 is 25.7 Å². The summed E-state index contributed by atoms with van der Waals surface area (Å²) in [6.45, 7) is 2.78. The number of carboxylic acid groups (broad SMARTS) is 1. The predicted octanol–water partition coefficient (Wildman–Crippen LogP) is 2.00.